The predicted octanol–water partition coefficient (Wildman–Crippen LogP) is 4.00. The Hall–Kier alpha value is -1.06. The maximum atomic E-state index is 5.88. The van der Waals surface area contributed by atoms with Gasteiger partial charge in [-0.25, -0.2) is 4.98 Å². The lowest BCUT2D eigenvalue weighted by atomic mass is 10.1. The highest BCUT2D eigenvalue weighted by Gasteiger charge is 2.05. The van der Waals surface area contributed by atoms with Gasteiger partial charge in [-0.2, -0.15) is 0 Å². The van der Waals surface area contributed by atoms with Crippen LogP contribution in [0.25, 0.3) is 11.3 Å². The van der Waals surface area contributed by atoms with E-state index in [9.17, 15) is 0 Å². The number of thiazole rings is 1. The zero-order valence-electron chi connectivity index (χ0n) is 9.03. The molecule has 0 fully saturated rings. The molecule has 1 heterocycles. The first-order chi connectivity index (χ1) is 7.70. The van der Waals surface area contributed by atoms with Gasteiger partial charge in [0.15, 0.2) is 0 Å². The fourth-order valence-electron chi connectivity index (χ4n) is 1.48. The number of anilines is 1. The van der Waals surface area contributed by atoms with Crippen molar-refractivity contribution in [3.8, 4) is 11.3 Å². The Morgan fingerprint density at radius 2 is 2.25 bits per heavy atom. The third kappa shape index (κ3) is 2.36. The van der Waals surface area contributed by atoms with Crippen molar-refractivity contribution in [2.24, 2.45) is 0 Å². The highest BCUT2D eigenvalue weighted by molar-refractivity contribution is 7.09. The molecule has 0 amide bonds. The summed E-state index contributed by atoms with van der Waals surface area (Å²) in [5, 5.41) is 3.83. The molecule has 0 unspecified atom stereocenters. The summed E-state index contributed by atoms with van der Waals surface area (Å²) < 4.78 is 0. The van der Waals surface area contributed by atoms with Gasteiger partial charge in [-0.15, -0.1) is 11.3 Å². The number of benzene rings is 1. The summed E-state index contributed by atoms with van der Waals surface area (Å²) in [4.78, 5) is 4.56. The van der Waals surface area contributed by atoms with Gasteiger partial charge in [-0.05, 0) is 25.0 Å². The fourth-order valence-corrected chi connectivity index (χ4v) is 2.50. The molecule has 0 aliphatic heterocycles. The zero-order chi connectivity index (χ0) is 11.5. The topological polar surface area (TPSA) is 38.9 Å². The summed E-state index contributed by atoms with van der Waals surface area (Å²) >= 11 is 7.57. The smallest absolute Gasteiger partial charge is 0.0932 e. The number of hydrogen-bond acceptors (Lipinski definition) is 3. The van der Waals surface area contributed by atoms with Gasteiger partial charge >= 0.3 is 0 Å². The quantitative estimate of drug-likeness (QED) is 0.839. The van der Waals surface area contributed by atoms with Gasteiger partial charge in [0.25, 0.3) is 0 Å². The number of rotatable bonds is 3. The molecule has 2 N–H and O–H groups in total. The fraction of sp³-hybridized carbons (Fsp3) is 0.250. The number of hydrogen-bond donors (Lipinski definition) is 1. The SMILES string of the molecule is CCCc1nc(-c2ccc(Cl)c(N)c2)cs1. The molecule has 0 atom stereocenters. The molecule has 1 aromatic heterocycles. The van der Waals surface area contributed by atoms with Crippen molar-refractivity contribution in [2.45, 2.75) is 19.8 Å². The molecule has 0 aliphatic rings. The van der Waals surface area contributed by atoms with Gasteiger partial charge in [0, 0.05) is 10.9 Å². The number of nitrogens with zero attached hydrogens (tertiary/aromatic N) is 1. The summed E-state index contributed by atoms with van der Waals surface area (Å²) in [5.41, 5.74) is 8.38. The Bertz CT molecular complexity index is 494. The Balaban J connectivity index is 2.31. The van der Waals surface area contributed by atoms with Gasteiger partial charge in [-0.1, -0.05) is 24.6 Å². The summed E-state index contributed by atoms with van der Waals surface area (Å²) in [6.45, 7) is 2.15. The van der Waals surface area contributed by atoms with E-state index < -0.39 is 0 Å². The first-order valence-corrected chi connectivity index (χ1v) is 6.46. The minimum absolute atomic E-state index is 0.591. The Morgan fingerprint density at radius 1 is 1.44 bits per heavy atom. The van der Waals surface area contributed by atoms with Gasteiger partial charge in [0.1, 0.15) is 0 Å². The van der Waals surface area contributed by atoms with Crippen LogP contribution in [0.5, 0.6) is 0 Å². The van der Waals surface area contributed by atoms with Crippen LogP contribution in [-0.4, -0.2) is 4.98 Å². The van der Waals surface area contributed by atoms with E-state index in [0.29, 0.717) is 10.7 Å². The third-order valence-corrected chi connectivity index (χ3v) is 3.56. The minimum atomic E-state index is 0.591. The van der Waals surface area contributed by atoms with Gasteiger partial charge < -0.3 is 5.73 Å². The van der Waals surface area contributed by atoms with E-state index in [1.807, 2.05) is 18.2 Å². The molecule has 84 valence electrons. The highest BCUT2D eigenvalue weighted by atomic mass is 35.5. The van der Waals surface area contributed by atoms with Gasteiger partial charge in [-0.3, -0.25) is 0 Å². The van der Waals surface area contributed by atoms with Crippen LogP contribution in [-0.2, 0) is 6.42 Å². The van der Waals surface area contributed by atoms with E-state index in [-0.39, 0.29) is 0 Å². The van der Waals surface area contributed by atoms with E-state index in [0.717, 1.165) is 24.1 Å². The number of aromatic nitrogens is 1. The average Bonchev–Trinajstić information content (AvgIpc) is 2.71. The molecule has 0 saturated heterocycles. The lowest BCUT2D eigenvalue weighted by Crippen LogP contribution is -1.88. The van der Waals surface area contributed by atoms with Crippen LogP contribution in [0.4, 0.5) is 5.69 Å². The van der Waals surface area contributed by atoms with Gasteiger partial charge in [0.2, 0.25) is 0 Å². The standard InChI is InChI=1S/C12H13ClN2S/c1-2-3-12-15-11(7-16-12)8-4-5-9(13)10(14)6-8/h4-7H,2-3,14H2,1H3. The minimum Gasteiger partial charge on any atom is -0.398 e. The van der Waals surface area contributed by atoms with Crippen LogP contribution in [0.1, 0.15) is 18.4 Å². The first kappa shape index (κ1) is 11.4. The highest BCUT2D eigenvalue weighted by Crippen LogP contribution is 2.27. The van der Waals surface area contributed by atoms with Crippen LogP contribution in [0, 0.1) is 0 Å². The van der Waals surface area contributed by atoms with Crippen molar-refractivity contribution in [1.29, 1.82) is 0 Å². The molecule has 0 radical (unpaired) electrons. The van der Waals surface area contributed by atoms with E-state index in [1.165, 1.54) is 5.01 Å². The van der Waals surface area contributed by atoms with Crippen molar-refractivity contribution in [3.63, 3.8) is 0 Å². The Labute approximate surface area is 104 Å². The molecule has 2 rings (SSSR count). The second-order valence-electron chi connectivity index (χ2n) is 3.61. The van der Waals surface area contributed by atoms with Crippen LogP contribution in [0.15, 0.2) is 23.6 Å². The average molecular weight is 253 g/mol. The summed E-state index contributed by atoms with van der Waals surface area (Å²) in [6.07, 6.45) is 2.16. The van der Waals surface area contributed by atoms with Crippen LogP contribution >= 0.6 is 22.9 Å². The molecule has 4 heteroatoms. The molecule has 2 aromatic rings. The van der Waals surface area contributed by atoms with Crippen molar-refractivity contribution >= 4 is 28.6 Å². The van der Waals surface area contributed by atoms with Crippen molar-refractivity contribution < 1.29 is 0 Å². The monoisotopic (exact) mass is 252 g/mol. The maximum Gasteiger partial charge on any atom is 0.0932 e. The Kier molecular flexibility index (Phi) is 3.46. The van der Waals surface area contributed by atoms with E-state index >= 15 is 0 Å². The molecule has 0 aliphatic carbocycles. The molecular formula is C12H13ClN2S. The summed E-state index contributed by atoms with van der Waals surface area (Å²) in [5.74, 6) is 0. The van der Waals surface area contributed by atoms with E-state index in [1.54, 1.807) is 11.3 Å². The molecule has 16 heavy (non-hydrogen) atoms. The van der Waals surface area contributed by atoms with Crippen molar-refractivity contribution in [3.05, 3.63) is 33.6 Å². The molecule has 2 nitrogen and oxygen atoms in total. The molecular weight excluding hydrogens is 240 g/mol. The summed E-state index contributed by atoms with van der Waals surface area (Å²) in [7, 11) is 0. The third-order valence-electron chi connectivity index (χ3n) is 2.31. The molecule has 0 bridgehead atoms. The Morgan fingerprint density at radius 3 is 2.94 bits per heavy atom. The normalized spacial score (nSPS) is 10.6. The van der Waals surface area contributed by atoms with Crippen molar-refractivity contribution in [2.75, 3.05) is 5.73 Å². The number of halogens is 1. The van der Waals surface area contributed by atoms with Crippen LogP contribution in [0.3, 0.4) is 0 Å². The zero-order valence-corrected chi connectivity index (χ0v) is 10.6. The number of nitrogen functional groups attached to an aromatic ring is 1. The van der Waals surface area contributed by atoms with E-state index in [4.69, 9.17) is 17.3 Å². The maximum absolute atomic E-state index is 5.88. The summed E-state index contributed by atoms with van der Waals surface area (Å²) in [6, 6.07) is 5.63. The predicted molar refractivity (Wildman–Crippen MR) is 71.0 cm³/mol. The number of nitrogens with two attached hydrogens (primary N) is 1. The van der Waals surface area contributed by atoms with Gasteiger partial charge in [0.05, 0.1) is 21.4 Å². The molecule has 1 aromatic carbocycles. The van der Waals surface area contributed by atoms with Crippen LogP contribution in [0.2, 0.25) is 5.02 Å². The second-order valence-corrected chi connectivity index (χ2v) is 4.96. The largest absolute Gasteiger partial charge is 0.398 e. The lowest BCUT2D eigenvalue weighted by Gasteiger charge is -2.00. The van der Waals surface area contributed by atoms with Crippen LogP contribution < -0.4 is 5.73 Å². The van der Waals surface area contributed by atoms with E-state index in [2.05, 4.69) is 17.3 Å². The lowest BCUT2D eigenvalue weighted by molar-refractivity contribution is 0.910. The first-order valence-electron chi connectivity index (χ1n) is 5.20. The molecule has 0 spiro atoms. The second kappa shape index (κ2) is 4.85. The number of aryl methyl sites for hydroxylation is 1. The van der Waals surface area contributed by atoms with Crippen molar-refractivity contribution in [1.82, 2.24) is 4.98 Å². The molecule has 0 saturated carbocycles.